The number of halogens is 1. The molecular weight excluding hydrogens is 331 g/mol. The first-order valence-electron chi connectivity index (χ1n) is 8.14. The molecule has 26 heavy (non-hydrogen) atoms. The van der Waals surface area contributed by atoms with Crippen LogP contribution >= 0.6 is 0 Å². The predicted molar refractivity (Wildman–Crippen MR) is 98.5 cm³/mol. The molecule has 3 aromatic carbocycles. The molecule has 1 N–H and O–H groups in total. The molecule has 0 saturated heterocycles. The highest BCUT2D eigenvalue weighted by molar-refractivity contribution is 6.05. The predicted octanol–water partition coefficient (Wildman–Crippen LogP) is 5.19. The average molecular weight is 346 g/mol. The van der Waals surface area contributed by atoms with Crippen LogP contribution in [-0.2, 0) is 0 Å². The Morgan fingerprint density at radius 2 is 1.77 bits per heavy atom. The Morgan fingerprint density at radius 1 is 1.00 bits per heavy atom. The van der Waals surface area contributed by atoms with Crippen LogP contribution in [0, 0.1) is 12.7 Å². The van der Waals surface area contributed by atoms with Gasteiger partial charge in [0.05, 0.1) is 0 Å². The summed E-state index contributed by atoms with van der Waals surface area (Å²) in [6, 6.07) is 18.5. The van der Waals surface area contributed by atoms with E-state index in [9.17, 15) is 9.18 Å². The summed E-state index contributed by atoms with van der Waals surface area (Å²) < 4.78 is 18.8. The minimum Gasteiger partial charge on any atom is -0.436 e. The molecule has 1 aromatic heterocycles. The molecule has 0 bridgehead atoms. The van der Waals surface area contributed by atoms with Crippen LogP contribution in [0.5, 0.6) is 0 Å². The van der Waals surface area contributed by atoms with E-state index in [4.69, 9.17) is 4.42 Å². The fourth-order valence-electron chi connectivity index (χ4n) is 2.79. The van der Waals surface area contributed by atoms with Crippen molar-refractivity contribution in [3.63, 3.8) is 0 Å². The number of hydrogen-bond donors (Lipinski definition) is 1. The quantitative estimate of drug-likeness (QED) is 0.555. The molecule has 0 atom stereocenters. The van der Waals surface area contributed by atoms with E-state index in [1.807, 2.05) is 49.4 Å². The van der Waals surface area contributed by atoms with Crippen LogP contribution in [0.1, 0.15) is 15.9 Å². The van der Waals surface area contributed by atoms with E-state index in [0.717, 1.165) is 16.6 Å². The minimum atomic E-state index is -0.379. The molecule has 128 valence electrons. The van der Waals surface area contributed by atoms with Crippen molar-refractivity contribution in [2.75, 3.05) is 5.32 Å². The van der Waals surface area contributed by atoms with Crippen molar-refractivity contribution in [3.05, 3.63) is 83.7 Å². The Bertz CT molecular complexity index is 1070. The minimum absolute atomic E-state index is 0.303. The maximum Gasteiger partial charge on any atom is 0.255 e. The Balaban J connectivity index is 1.67. The molecule has 4 nitrogen and oxygen atoms in total. The molecule has 0 aliphatic rings. The monoisotopic (exact) mass is 346 g/mol. The first-order chi connectivity index (χ1) is 12.6. The fourth-order valence-corrected chi connectivity index (χ4v) is 2.79. The number of amides is 1. The SMILES string of the molecule is Cc1c(NC(=O)c2ccc(F)cc2)cccc1-c1nc2ccccc2o1. The van der Waals surface area contributed by atoms with Crippen molar-refractivity contribution in [1.82, 2.24) is 4.98 Å². The maximum absolute atomic E-state index is 13.0. The second-order valence-electron chi connectivity index (χ2n) is 5.93. The Morgan fingerprint density at radius 3 is 2.54 bits per heavy atom. The molecule has 1 heterocycles. The zero-order valence-electron chi connectivity index (χ0n) is 14.0. The zero-order valence-corrected chi connectivity index (χ0v) is 14.0. The maximum atomic E-state index is 13.0. The van der Waals surface area contributed by atoms with Crippen molar-refractivity contribution in [2.45, 2.75) is 6.92 Å². The summed E-state index contributed by atoms with van der Waals surface area (Å²) in [5, 5.41) is 2.86. The first kappa shape index (κ1) is 16.0. The molecule has 0 radical (unpaired) electrons. The van der Waals surface area contributed by atoms with Gasteiger partial charge in [0.2, 0.25) is 5.89 Å². The van der Waals surface area contributed by atoms with E-state index in [-0.39, 0.29) is 11.7 Å². The van der Waals surface area contributed by atoms with Crippen LogP contribution in [-0.4, -0.2) is 10.9 Å². The number of aromatic nitrogens is 1. The lowest BCUT2D eigenvalue weighted by molar-refractivity contribution is 0.102. The normalized spacial score (nSPS) is 10.8. The van der Waals surface area contributed by atoms with Gasteiger partial charge in [-0.05, 0) is 61.0 Å². The fraction of sp³-hybridized carbons (Fsp3) is 0.0476. The Hall–Kier alpha value is -3.47. The van der Waals surface area contributed by atoms with Gasteiger partial charge in [0, 0.05) is 16.8 Å². The Kier molecular flexibility index (Phi) is 3.97. The molecule has 0 unspecified atom stereocenters. The van der Waals surface area contributed by atoms with Crippen LogP contribution in [0.2, 0.25) is 0 Å². The van der Waals surface area contributed by atoms with Crippen LogP contribution < -0.4 is 5.32 Å². The van der Waals surface area contributed by atoms with Gasteiger partial charge in [0.1, 0.15) is 11.3 Å². The molecule has 0 spiro atoms. The van der Waals surface area contributed by atoms with E-state index >= 15 is 0 Å². The second-order valence-corrected chi connectivity index (χ2v) is 5.93. The van der Waals surface area contributed by atoms with E-state index in [2.05, 4.69) is 10.3 Å². The number of nitrogens with one attached hydrogen (secondary N) is 1. The number of para-hydroxylation sites is 2. The van der Waals surface area contributed by atoms with Crippen LogP contribution in [0.25, 0.3) is 22.6 Å². The lowest BCUT2D eigenvalue weighted by Gasteiger charge is -2.11. The van der Waals surface area contributed by atoms with Crippen LogP contribution in [0.15, 0.2) is 71.1 Å². The third kappa shape index (κ3) is 2.95. The second kappa shape index (κ2) is 6.44. The molecule has 5 heteroatoms. The molecule has 4 aromatic rings. The van der Waals surface area contributed by atoms with E-state index in [1.165, 1.54) is 24.3 Å². The van der Waals surface area contributed by atoms with Crippen molar-refractivity contribution < 1.29 is 13.6 Å². The van der Waals surface area contributed by atoms with Crippen molar-refractivity contribution in [2.24, 2.45) is 0 Å². The van der Waals surface area contributed by atoms with Gasteiger partial charge in [0.15, 0.2) is 5.58 Å². The van der Waals surface area contributed by atoms with Gasteiger partial charge in [-0.15, -0.1) is 0 Å². The zero-order chi connectivity index (χ0) is 18.1. The highest BCUT2D eigenvalue weighted by Gasteiger charge is 2.14. The number of oxazole rings is 1. The summed E-state index contributed by atoms with van der Waals surface area (Å²) in [6.07, 6.45) is 0. The summed E-state index contributed by atoms with van der Waals surface area (Å²) >= 11 is 0. The summed E-state index contributed by atoms with van der Waals surface area (Å²) in [6.45, 7) is 1.89. The van der Waals surface area contributed by atoms with Crippen LogP contribution in [0.3, 0.4) is 0 Å². The topological polar surface area (TPSA) is 55.1 Å². The van der Waals surface area contributed by atoms with Gasteiger partial charge in [-0.1, -0.05) is 18.2 Å². The number of nitrogens with zero attached hydrogens (tertiary/aromatic N) is 1. The number of rotatable bonds is 3. The van der Waals surface area contributed by atoms with Gasteiger partial charge >= 0.3 is 0 Å². The third-order valence-electron chi connectivity index (χ3n) is 4.21. The molecule has 0 fully saturated rings. The van der Waals surface area contributed by atoms with Gasteiger partial charge in [-0.3, -0.25) is 4.79 Å². The smallest absolute Gasteiger partial charge is 0.255 e. The lowest BCUT2D eigenvalue weighted by atomic mass is 10.1. The number of hydrogen-bond acceptors (Lipinski definition) is 3. The summed E-state index contributed by atoms with van der Waals surface area (Å²) in [7, 11) is 0. The number of fused-ring (bicyclic) bond motifs is 1. The average Bonchev–Trinajstić information content (AvgIpc) is 3.08. The third-order valence-corrected chi connectivity index (χ3v) is 4.21. The number of carbonyl (C=O) groups excluding carboxylic acids is 1. The molecule has 1 amide bonds. The molecule has 4 rings (SSSR count). The number of carbonyl (C=O) groups is 1. The molecule has 0 aliphatic carbocycles. The number of anilines is 1. The summed E-state index contributed by atoms with van der Waals surface area (Å²) in [5.74, 6) is -0.180. The van der Waals surface area contributed by atoms with Crippen molar-refractivity contribution >= 4 is 22.7 Å². The standard InChI is InChI=1S/C21H15FN2O2/c1-13-16(21-24-18-6-2-3-8-19(18)26-21)5-4-7-17(13)23-20(25)14-9-11-15(22)12-10-14/h2-12H,1H3,(H,23,25). The molecular formula is C21H15FN2O2. The Labute approximate surface area is 149 Å². The number of benzene rings is 3. The summed E-state index contributed by atoms with van der Waals surface area (Å²) in [5.41, 5.74) is 4.18. The largest absolute Gasteiger partial charge is 0.436 e. The lowest BCUT2D eigenvalue weighted by Crippen LogP contribution is -2.13. The summed E-state index contributed by atoms with van der Waals surface area (Å²) in [4.78, 5) is 16.9. The van der Waals surface area contributed by atoms with E-state index < -0.39 is 0 Å². The van der Waals surface area contributed by atoms with Gasteiger partial charge in [-0.25, -0.2) is 9.37 Å². The van der Waals surface area contributed by atoms with Crippen molar-refractivity contribution in [1.29, 1.82) is 0 Å². The molecule has 0 aliphatic heterocycles. The van der Waals surface area contributed by atoms with E-state index in [0.29, 0.717) is 22.7 Å². The van der Waals surface area contributed by atoms with E-state index in [1.54, 1.807) is 0 Å². The van der Waals surface area contributed by atoms with Crippen LogP contribution in [0.4, 0.5) is 10.1 Å². The van der Waals surface area contributed by atoms with Gasteiger partial charge < -0.3 is 9.73 Å². The molecule has 0 saturated carbocycles. The highest BCUT2D eigenvalue weighted by Crippen LogP contribution is 2.30. The first-order valence-corrected chi connectivity index (χ1v) is 8.14. The van der Waals surface area contributed by atoms with Gasteiger partial charge in [-0.2, -0.15) is 0 Å². The van der Waals surface area contributed by atoms with Gasteiger partial charge in [0.25, 0.3) is 5.91 Å². The van der Waals surface area contributed by atoms with Crippen molar-refractivity contribution in [3.8, 4) is 11.5 Å². The highest BCUT2D eigenvalue weighted by atomic mass is 19.1.